The van der Waals surface area contributed by atoms with E-state index in [1.165, 1.54) is 16.7 Å². The summed E-state index contributed by atoms with van der Waals surface area (Å²) in [5.41, 5.74) is 3.83. The van der Waals surface area contributed by atoms with Gasteiger partial charge in [0, 0.05) is 5.56 Å². The van der Waals surface area contributed by atoms with E-state index >= 15 is 0 Å². The maximum atomic E-state index is 5.73. The molecule has 0 aliphatic heterocycles. The predicted octanol–water partition coefficient (Wildman–Crippen LogP) is 5.77. The molecule has 0 saturated carbocycles. The molecule has 2 aromatic rings. The third kappa shape index (κ3) is 4.34. The summed E-state index contributed by atoms with van der Waals surface area (Å²) >= 11 is 3.81. The zero-order chi connectivity index (χ0) is 15.2. The highest BCUT2D eigenvalue weighted by Crippen LogP contribution is 2.36. The van der Waals surface area contributed by atoms with Gasteiger partial charge in [-0.15, -0.1) is 0 Å². The third-order valence-electron chi connectivity index (χ3n) is 3.41. The average Bonchev–Trinajstić information content (AvgIpc) is 2.48. The molecule has 0 aromatic heterocycles. The molecule has 2 aromatic carbocycles. The first-order valence-electron chi connectivity index (χ1n) is 7.56. The molecule has 1 unspecified atom stereocenters. The van der Waals surface area contributed by atoms with Crippen molar-refractivity contribution in [2.45, 2.75) is 32.0 Å². The van der Waals surface area contributed by atoms with Crippen molar-refractivity contribution in [3.8, 4) is 5.75 Å². The van der Waals surface area contributed by atoms with Gasteiger partial charge in [-0.05, 0) is 36.5 Å². The van der Waals surface area contributed by atoms with Crippen molar-refractivity contribution >= 4 is 15.9 Å². The second-order valence-corrected chi connectivity index (χ2v) is 6.59. The van der Waals surface area contributed by atoms with E-state index in [0.717, 1.165) is 12.2 Å². The fourth-order valence-corrected chi connectivity index (χ4v) is 3.13. The maximum Gasteiger partial charge on any atom is 0.123 e. The van der Waals surface area contributed by atoms with Gasteiger partial charge in [0.15, 0.2) is 0 Å². The summed E-state index contributed by atoms with van der Waals surface area (Å²) in [5.74, 6) is 1.64. The summed E-state index contributed by atoms with van der Waals surface area (Å²) in [6, 6.07) is 17.1. The average molecular weight is 347 g/mol. The number of hydrogen-bond donors (Lipinski definition) is 0. The van der Waals surface area contributed by atoms with Crippen LogP contribution in [-0.2, 0) is 6.42 Å². The van der Waals surface area contributed by atoms with Gasteiger partial charge in [0.25, 0.3) is 0 Å². The van der Waals surface area contributed by atoms with Crippen LogP contribution in [0.1, 0.15) is 42.3 Å². The number of benzene rings is 2. The van der Waals surface area contributed by atoms with E-state index in [1.807, 2.05) is 19.1 Å². The molecule has 0 aliphatic carbocycles. The molecule has 0 spiro atoms. The van der Waals surface area contributed by atoms with Crippen molar-refractivity contribution in [1.82, 2.24) is 0 Å². The molecule has 0 N–H and O–H groups in total. The highest BCUT2D eigenvalue weighted by atomic mass is 79.9. The van der Waals surface area contributed by atoms with E-state index in [1.54, 1.807) is 0 Å². The van der Waals surface area contributed by atoms with E-state index in [-0.39, 0.29) is 4.83 Å². The predicted molar refractivity (Wildman–Crippen MR) is 93.4 cm³/mol. The summed E-state index contributed by atoms with van der Waals surface area (Å²) in [6.45, 7) is 7.20. The van der Waals surface area contributed by atoms with Gasteiger partial charge < -0.3 is 4.74 Å². The summed E-state index contributed by atoms with van der Waals surface area (Å²) in [6.07, 6.45) is 1.13. The molecule has 112 valence electrons. The molecule has 0 saturated heterocycles. The number of ether oxygens (including phenoxy) is 1. The second kappa shape index (κ2) is 7.65. The standard InChI is InChI=1S/C19H23BrO/c1-4-21-18-8-6-5-7-17(18)19(20)16-11-9-15(10-12-16)13-14(2)3/h5-12,14,19H,4,13H2,1-3H3. The molecule has 0 amide bonds. The van der Waals surface area contributed by atoms with Crippen LogP contribution in [0.2, 0.25) is 0 Å². The largest absolute Gasteiger partial charge is 0.494 e. The number of rotatable bonds is 6. The molecule has 21 heavy (non-hydrogen) atoms. The fraction of sp³-hybridized carbons (Fsp3) is 0.368. The summed E-state index contributed by atoms with van der Waals surface area (Å²) < 4.78 is 5.73. The minimum atomic E-state index is 0.161. The Morgan fingerprint density at radius 1 is 1.00 bits per heavy atom. The Labute approximate surface area is 136 Å². The molecule has 1 nitrogen and oxygen atoms in total. The van der Waals surface area contributed by atoms with Crippen LogP contribution in [0.3, 0.4) is 0 Å². The highest BCUT2D eigenvalue weighted by Gasteiger charge is 2.15. The van der Waals surface area contributed by atoms with Gasteiger partial charge in [-0.1, -0.05) is 72.2 Å². The maximum absolute atomic E-state index is 5.73. The minimum Gasteiger partial charge on any atom is -0.494 e. The molecular weight excluding hydrogens is 324 g/mol. The van der Waals surface area contributed by atoms with Crippen molar-refractivity contribution < 1.29 is 4.74 Å². The van der Waals surface area contributed by atoms with Crippen LogP contribution in [0.5, 0.6) is 5.75 Å². The van der Waals surface area contributed by atoms with Gasteiger partial charge in [0.05, 0.1) is 11.4 Å². The Morgan fingerprint density at radius 3 is 2.29 bits per heavy atom. The van der Waals surface area contributed by atoms with Gasteiger partial charge in [-0.2, -0.15) is 0 Å². The SMILES string of the molecule is CCOc1ccccc1C(Br)c1ccc(CC(C)C)cc1. The van der Waals surface area contributed by atoms with Crippen molar-refractivity contribution in [1.29, 1.82) is 0 Å². The minimum absolute atomic E-state index is 0.161. The quantitative estimate of drug-likeness (QED) is 0.603. The molecule has 0 heterocycles. The Morgan fingerprint density at radius 2 is 1.67 bits per heavy atom. The first-order chi connectivity index (χ1) is 10.1. The topological polar surface area (TPSA) is 9.23 Å². The van der Waals surface area contributed by atoms with Gasteiger partial charge in [-0.25, -0.2) is 0 Å². The van der Waals surface area contributed by atoms with Crippen molar-refractivity contribution in [2.75, 3.05) is 6.61 Å². The molecule has 0 aliphatic rings. The molecule has 2 heteroatoms. The van der Waals surface area contributed by atoms with Crippen LogP contribution in [0.4, 0.5) is 0 Å². The fourth-order valence-electron chi connectivity index (χ4n) is 2.45. The van der Waals surface area contributed by atoms with E-state index in [2.05, 4.69) is 66.2 Å². The van der Waals surface area contributed by atoms with Crippen LogP contribution in [0.15, 0.2) is 48.5 Å². The Hall–Kier alpha value is -1.28. The van der Waals surface area contributed by atoms with Gasteiger partial charge in [-0.3, -0.25) is 0 Å². The molecule has 0 fully saturated rings. The number of alkyl halides is 1. The van der Waals surface area contributed by atoms with Crippen LogP contribution in [0, 0.1) is 5.92 Å². The van der Waals surface area contributed by atoms with Crippen LogP contribution in [0.25, 0.3) is 0 Å². The van der Waals surface area contributed by atoms with Crippen molar-refractivity contribution in [3.05, 3.63) is 65.2 Å². The summed E-state index contributed by atoms with van der Waals surface area (Å²) in [4.78, 5) is 0.161. The van der Waals surface area contributed by atoms with Crippen molar-refractivity contribution in [2.24, 2.45) is 5.92 Å². The lowest BCUT2D eigenvalue weighted by molar-refractivity contribution is 0.337. The van der Waals surface area contributed by atoms with Crippen molar-refractivity contribution in [3.63, 3.8) is 0 Å². The van der Waals surface area contributed by atoms with E-state index in [9.17, 15) is 0 Å². The van der Waals surface area contributed by atoms with Crippen LogP contribution >= 0.6 is 15.9 Å². The zero-order valence-corrected chi connectivity index (χ0v) is 14.6. The zero-order valence-electron chi connectivity index (χ0n) is 13.0. The molecule has 1 atom stereocenters. The second-order valence-electron chi connectivity index (χ2n) is 5.67. The highest BCUT2D eigenvalue weighted by molar-refractivity contribution is 9.09. The lowest BCUT2D eigenvalue weighted by Gasteiger charge is -2.16. The van der Waals surface area contributed by atoms with Crippen LogP contribution in [-0.4, -0.2) is 6.61 Å². The number of halogens is 1. The number of para-hydroxylation sites is 1. The van der Waals surface area contributed by atoms with E-state index < -0.39 is 0 Å². The molecule has 0 radical (unpaired) electrons. The van der Waals surface area contributed by atoms with E-state index in [0.29, 0.717) is 12.5 Å². The Balaban J connectivity index is 2.21. The molecule has 2 rings (SSSR count). The summed E-state index contributed by atoms with van der Waals surface area (Å²) in [7, 11) is 0. The Kier molecular flexibility index (Phi) is 5.86. The number of hydrogen-bond acceptors (Lipinski definition) is 1. The monoisotopic (exact) mass is 346 g/mol. The van der Waals surface area contributed by atoms with E-state index in [4.69, 9.17) is 4.74 Å². The third-order valence-corrected chi connectivity index (χ3v) is 4.43. The first kappa shape index (κ1) is 16.1. The summed E-state index contributed by atoms with van der Waals surface area (Å²) in [5, 5.41) is 0. The molecular formula is C19H23BrO. The Bertz CT molecular complexity index is 560. The van der Waals surface area contributed by atoms with Crippen LogP contribution < -0.4 is 4.74 Å². The molecule has 0 bridgehead atoms. The van der Waals surface area contributed by atoms with Gasteiger partial charge in [0.2, 0.25) is 0 Å². The lowest BCUT2D eigenvalue weighted by atomic mass is 9.99. The first-order valence-corrected chi connectivity index (χ1v) is 8.48. The lowest BCUT2D eigenvalue weighted by Crippen LogP contribution is -2.00. The van der Waals surface area contributed by atoms with Gasteiger partial charge in [0.1, 0.15) is 5.75 Å². The smallest absolute Gasteiger partial charge is 0.123 e. The van der Waals surface area contributed by atoms with Gasteiger partial charge >= 0.3 is 0 Å². The normalized spacial score (nSPS) is 12.4.